The number of likely N-dealkylation sites (tertiary alicyclic amines) is 1. The number of carbonyl (C=O) groups excluding carboxylic acids is 1. The number of carboxylic acid groups (broad SMARTS) is 1. The first kappa shape index (κ1) is 22.4. The second-order valence-electron chi connectivity index (χ2n) is 8.21. The van der Waals surface area contributed by atoms with Crippen molar-refractivity contribution >= 4 is 23.6 Å². The van der Waals surface area contributed by atoms with E-state index < -0.39 is 6.09 Å². The molecule has 4 N–H and O–H groups in total. The zero-order chi connectivity index (χ0) is 23.0. The minimum Gasteiger partial charge on any atom is -0.493 e. The van der Waals surface area contributed by atoms with Crippen LogP contribution in [-0.4, -0.2) is 60.8 Å². The van der Waals surface area contributed by atoms with Crippen LogP contribution in [0.1, 0.15) is 28.8 Å². The standard InChI is InChI=1S/C24H29N5O4/c30-22(27-15-17-1-5-20(6-2-17)28-23-25-11-12-26-23)19-3-7-21(8-4-19)33-16-18-9-13-29(14-10-18)24(31)32/h1-8,18H,9-16H2,(H,27,30)(H,31,32)(H2,25,26,28). The molecule has 2 heterocycles. The number of nitrogens with zero attached hydrogens (tertiary/aromatic N) is 2. The Morgan fingerprint density at radius 2 is 1.82 bits per heavy atom. The Labute approximate surface area is 192 Å². The van der Waals surface area contributed by atoms with Crippen LogP contribution in [-0.2, 0) is 6.54 Å². The predicted molar refractivity (Wildman–Crippen MR) is 126 cm³/mol. The van der Waals surface area contributed by atoms with E-state index in [1.165, 1.54) is 4.90 Å². The van der Waals surface area contributed by atoms with Crippen molar-refractivity contribution < 1.29 is 19.4 Å². The molecule has 2 aliphatic rings. The Bertz CT molecular complexity index is 983. The smallest absolute Gasteiger partial charge is 0.407 e. The summed E-state index contributed by atoms with van der Waals surface area (Å²) in [6, 6.07) is 14.9. The molecule has 2 aromatic carbocycles. The number of aliphatic imine (C=N–C) groups is 1. The maximum absolute atomic E-state index is 12.5. The summed E-state index contributed by atoms with van der Waals surface area (Å²) in [6.45, 7) is 3.72. The molecule has 33 heavy (non-hydrogen) atoms. The largest absolute Gasteiger partial charge is 0.493 e. The van der Waals surface area contributed by atoms with Gasteiger partial charge in [0.2, 0.25) is 0 Å². The molecule has 174 valence electrons. The van der Waals surface area contributed by atoms with E-state index in [1.54, 1.807) is 24.3 Å². The van der Waals surface area contributed by atoms with E-state index in [-0.39, 0.29) is 5.91 Å². The van der Waals surface area contributed by atoms with Crippen LogP contribution in [0.5, 0.6) is 5.75 Å². The first-order valence-corrected chi connectivity index (χ1v) is 11.2. The molecule has 1 fully saturated rings. The highest BCUT2D eigenvalue weighted by atomic mass is 16.5. The summed E-state index contributed by atoms with van der Waals surface area (Å²) in [5.41, 5.74) is 2.52. The molecular weight excluding hydrogens is 422 g/mol. The van der Waals surface area contributed by atoms with Gasteiger partial charge in [0.15, 0.2) is 5.96 Å². The van der Waals surface area contributed by atoms with Crippen molar-refractivity contribution in [3.05, 3.63) is 59.7 Å². The van der Waals surface area contributed by atoms with Crippen molar-refractivity contribution in [2.45, 2.75) is 19.4 Å². The van der Waals surface area contributed by atoms with Crippen LogP contribution in [0.25, 0.3) is 0 Å². The minimum absolute atomic E-state index is 0.144. The number of anilines is 1. The van der Waals surface area contributed by atoms with Crippen molar-refractivity contribution in [3.63, 3.8) is 0 Å². The number of hydrogen-bond acceptors (Lipinski definition) is 6. The minimum atomic E-state index is -0.857. The number of guanidine groups is 1. The molecule has 2 aromatic rings. The lowest BCUT2D eigenvalue weighted by atomic mass is 9.98. The summed E-state index contributed by atoms with van der Waals surface area (Å²) in [5.74, 6) is 1.69. The number of amides is 2. The van der Waals surface area contributed by atoms with Gasteiger partial charge in [-0.25, -0.2) is 4.79 Å². The summed E-state index contributed by atoms with van der Waals surface area (Å²) < 4.78 is 5.85. The van der Waals surface area contributed by atoms with Crippen LogP contribution >= 0.6 is 0 Å². The average Bonchev–Trinajstić information content (AvgIpc) is 3.36. The van der Waals surface area contributed by atoms with Gasteiger partial charge in [-0.2, -0.15) is 0 Å². The van der Waals surface area contributed by atoms with E-state index in [2.05, 4.69) is 20.9 Å². The van der Waals surface area contributed by atoms with Gasteiger partial charge in [-0.05, 0) is 60.7 Å². The second kappa shape index (κ2) is 10.7. The third kappa shape index (κ3) is 6.38. The Morgan fingerprint density at radius 1 is 1.09 bits per heavy atom. The van der Waals surface area contributed by atoms with E-state index in [1.807, 2.05) is 24.3 Å². The molecule has 0 radical (unpaired) electrons. The molecule has 2 amide bonds. The van der Waals surface area contributed by atoms with Gasteiger partial charge in [0.25, 0.3) is 5.91 Å². The molecule has 4 rings (SSSR count). The zero-order valence-electron chi connectivity index (χ0n) is 18.4. The fraction of sp³-hybridized carbons (Fsp3) is 0.375. The van der Waals surface area contributed by atoms with Crippen LogP contribution < -0.4 is 20.7 Å². The van der Waals surface area contributed by atoms with E-state index in [0.29, 0.717) is 43.5 Å². The number of nitrogens with one attached hydrogen (secondary N) is 3. The molecule has 0 atom stereocenters. The van der Waals surface area contributed by atoms with Crippen LogP contribution in [0.2, 0.25) is 0 Å². The molecule has 1 saturated heterocycles. The normalized spacial score (nSPS) is 16.0. The lowest BCUT2D eigenvalue weighted by Crippen LogP contribution is -2.38. The number of rotatable bonds is 7. The van der Waals surface area contributed by atoms with E-state index in [4.69, 9.17) is 9.84 Å². The quantitative estimate of drug-likeness (QED) is 0.515. The molecule has 9 nitrogen and oxygen atoms in total. The van der Waals surface area contributed by atoms with Gasteiger partial charge in [-0.1, -0.05) is 12.1 Å². The van der Waals surface area contributed by atoms with Crippen molar-refractivity contribution in [1.82, 2.24) is 15.5 Å². The Kier molecular flexibility index (Phi) is 7.29. The van der Waals surface area contributed by atoms with E-state index in [0.717, 1.165) is 43.1 Å². The van der Waals surface area contributed by atoms with Gasteiger partial charge in [-0.3, -0.25) is 9.79 Å². The molecule has 0 bridgehead atoms. The highest BCUT2D eigenvalue weighted by molar-refractivity contribution is 5.95. The molecule has 0 saturated carbocycles. The zero-order valence-corrected chi connectivity index (χ0v) is 18.4. The van der Waals surface area contributed by atoms with Crippen LogP contribution in [0.15, 0.2) is 53.5 Å². The van der Waals surface area contributed by atoms with Gasteiger partial charge in [0, 0.05) is 37.4 Å². The first-order valence-electron chi connectivity index (χ1n) is 11.2. The van der Waals surface area contributed by atoms with Crippen molar-refractivity contribution in [2.24, 2.45) is 10.9 Å². The number of piperidine rings is 1. The maximum atomic E-state index is 12.5. The highest BCUT2D eigenvalue weighted by Crippen LogP contribution is 2.20. The fourth-order valence-electron chi connectivity index (χ4n) is 3.82. The molecule has 0 unspecified atom stereocenters. The lowest BCUT2D eigenvalue weighted by Gasteiger charge is -2.29. The van der Waals surface area contributed by atoms with Crippen molar-refractivity contribution in [1.29, 1.82) is 0 Å². The Hall–Kier alpha value is -3.75. The van der Waals surface area contributed by atoms with E-state index >= 15 is 0 Å². The predicted octanol–water partition coefficient (Wildman–Crippen LogP) is 2.76. The lowest BCUT2D eigenvalue weighted by molar-refractivity contribution is 0.0950. The summed E-state index contributed by atoms with van der Waals surface area (Å²) in [5, 5.41) is 18.3. The van der Waals surface area contributed by atoms with Gasteiger partial charge in [-0.15, -0.1) is 0 Å². The highest BCUT2D eigenvalue weighted by Gasteiger charge is 2.22. The fourth-order valence-corrected chi connectivity index (χ4v) is 3.82. The van der Waals surface area contributed by atoms with Crippen molar-refractivity contribution in [3.8, 4) is 5.75 Å². The van der Waals surface area contributed by atoms with Gasteiger partial charge in [0.05, 0.1) is 13.2 Å². The number of hydrogen-bond donors (Lipinski definition) is 4. The maximum Gasteiger partial charge on any atom is 0.407 e. The SMILES string of the molecule is O=C(NCc1ccc(NC2=NCCN2)cc1)c1ccc(OCC2CCN(C(=O)O)CC2)cc1. The first-order chi connectivity index (χ1) is 16.1. The second-order valence-corrected chi connectivity index (χ2v) is 8.21. The third-order valence-electron chi connectivity index (χ3n) is 5.83. The summed E-state index contributed by atoms with van der Waals surface area (Å²) in [7, 11) is 0. The number of benzene rings is 2. The van der Waals surface area contributed by atoms with Crippen LogP contribution in [0, 0.1) is 5.92 Å². The topological polar surface area (TPSA) is 115 Å². The van der Waals surface area contributed by atoms with Crippen LogP contribution in [0.4, 0.5) is 10.5 Å². The summed E-state index contributed by atoms with van der Waals surface area (Å²) in [4.78, 5) is 29.2. The summed E-state index contributed by atoms with van der Waals surface area (Å²) in [6.07, 6.45) is 0.745. The third-order valence-corrected chi connectivity index (χ3v) is 5.83. The molecular formula is C24H29N5O4. The van der Waals surface area contributed by atoms with E-state index in [9.17, 15) is 9.59 Å². The number of ether oxygens (including phenoxy) is 1. The molecule has 9 heteroatoms. The van der Waals surface area contributed by atoms with Gasteiger partial charge in [0.1, 0.15) is 5.75 Å². The van der Waals surface area contributed by atoms with Gasteiger partial charge < -0.3 is 30.7 Å². The van der Waals surface area contributed by atoms with Crippen molar-refractivity contribution in [2.75, 3.05) is 38.1 Å². The van der Waals surface area contributed by atoms with Gasteiger partial charge >= 0.3 is 6.09 Å². The number of carbonyl (C=O) groups is 2. The molecule has 2 aliphatic heterocycles. The van der Waals surface area contributed by atoms with Crippen LogP contribution in [0.3, 0.4) is 0 Å². The molecule has 0 aliphatic carbocycles. The Balaban J connectivity index is 1.19. The monoisotopic (exact) mass is 451 g/mol. The Morgan fingerprint density at radius 3 is 2.45 bits per heavy atom. The molecule has 0 aromatic heterocycles. The average molecular weight is 452 g/mol. The molecule has 0 spiro atoms. The summed E-state index contributed by atoms with van der Waals surface area (Å²) >= 11 is 0.